The topological polar surface area (TPSA) is 66.7 Å². The fourth-order valence-corrected chi connectivity index (χ4v) is 13.6. The van der Waals surface area contributed by atoms with Crippen LogP contribution in [-0.4, -0.2) is 17.2 Å². The summed E-state index contributed by atoms with van der Waals surface area (Å²) in [5.41, 5.74) is 11.5. The SMILES string of the molecule is Brc1ccc2oc3cc4ccccc4cc3c2c1.OB(O)c1c2ccccc2c(-c2ccc3ccccc3c2)c2ccccc12.c1ccc2cc(-c3c4ccccc4c(-c4ccc5oc6cc7ccccc7cc6c5c4)c4ccccc34)ccc2c1. The molecule has 0 unspecified atom stereocenters. The van der Waals surface area contributed by atoms with E-state index in [2.05, 4.69) is 240 Å². The van der Waals surface area contributed by atoms with Crippen molar-refractivity contribution < 1.29 is 18.9 Å². The molecule has 0 fully saturated rings. The number of rotatable bonds is 4. The molecule has 0 aliphatic carbocycles. The molecule has 0 aliphatic heterocycles. The number of hydrogen-bond donors (Lipinski definition) is 2. The molecule has 2 aromatic heterocycles. The van der Waals surface area contributed by atoms with Crippen molar-refractivity contribution >= 4 is 159 Å². The smallest absolute Gasteiger partial charge is 0.456 e. The Morgan fingerprint density at radius 2 is 0.523 bits per heavy atom. The predicted molar refractivity (Wildman–Crippen MR) is 368 cm³/mol. The zero-order valence-corrected chi connectivity index (χ0v) is 48.0. The maximum atomic E-state index is 10.1. The Labute approximate surface area is 503 Å². The van der Waals surface area contributed by atoms with Crippen LogP contribution in [0.4, 0.5) is 0 Å². The largest absolute Gasteiger partial charge is 0.489 e. The molecule has 4 nitrogen and oxygen atoms in total. The summed E-state index contributed by atoms with van der Waals surface area (Å²) in [5, 5.41) is 43.4. The molecule has 0 bridgehead atoms. The van der Waals surface area contributed by atoms with E-state index in [0.29, 0.717) is 5.46 Å². The Bertz CT molecular complexity index is 5630. The van der Waals surface area contributed by atoms with Crippen LogP contribution in [0.25, 0.3) is 163 Å². The Balaban J connectivity index is 0.000000114. The Morgan fingerprint density at radius 1 is 0.233 bits per heavy atom. The van der Waals surface area contributed by atoms with Gasteiger partial charge in [0, 0.05) is 26.0 Å². The van der Waals surface area contributed by atoms with E-state index in [1.54, 1.807) is 0 Å². The van der Waals surface area contributed by atoms with Crippen molar-refractivity contribution in [3.05, 3.63) is 296 Å². The van der Waals surface area contributed by atoms with Gasteiger partial charge in [0.25, 0.3) is 0 Å². The van der Waals surface area contributed by atoms with Gasteiger partial charge in [-0.05, 0) is 192 Å². The summed E-state index contributed by atoms with van der Waals surface area (Å²) in [7, 11) is -1.52. The minimum absolute atomic E-state index is 0.561. The highest BCUT2D eigenvalue weighted by atomic mass is 79.9. The summed E-state index contributed by atoms with van der Waals surface area (Å²) in [5.74, 6) is 0. The fourth-order valence-electron chi connectivity index (χ4n) is 13.2. The monoisotopic (exact) mass is 1160 g/mol. The molecule has 0 atom stereocenters. The number of benzene rings is 16. The molecule has 18 rings (SSSR count). The van der Waals surface area contributed by atoms with Crippen LogP contribution in [0, 0.1) is 0 Å². The molecule has 2 N–H and O–H groups in total. The molecule has 0 radical (unpaired) electrons. The fraction of sp³-hybridized carbons (Fsp3) is 0. The van der Waals surface area contributed by atoms with Gasteiger partial charge in [0.05, 0.1) is 0 Å². The number of furan rings is 2. The summed E-state index contributed by atoms with van der Waals surface area (Å²) >= 11 is 3.51. The Kier molecular flexibility index (Phi) is 12.6. The van der Waals surface area contributed by atoms with Crippen molar-refractivity contribution in [2.45, 2.75) is 0 Å². The molecular weight excluding hydrogens is 1120 g/mol. The molecule has 18 aromatic rings. The van der Waals surface area contributed by atoms with E-state index in [4.69, 9.17) is 8.83 Å². The van der Waals surface area contributed by atoms with E-state index >= 15 is 0 Å². The van der Waals surface area contributed by atoms with Crippen molar-refractivity contribution in [1.82, 2.24) is 0 Å². The van der Waals surface area contributed by atoms with Gasteiger partial charge in [-0.3, -0.25) is 0 Å². The van der Waals surface area contributed by atoms with E-state index in [1.807, 2.05) is 66.7 Å². The molecular formula is C80H50BBrO4. The summed E-state index contributed by atoms with van der Waals surface area (Å²) in [6.45, 7) is 0. The lowest BCUT2D eigenvalue weighted by Crippen LogP contribution is -2.31. The van der Waals surface area contributed by atoms with Crippen molar-refractivity contribution in [3.8, 4) is 33.4 Å². The standard InChI is InChI=1S/C40H24O.C24H17BO2.C16H9BrO/c1-2-10-26-21-29(18-17-25(26)9-1)39-31-13-5-7-15-33(31)40(34-16-8-6-14-32(34)39)30-19-20-37-35(23-30)36-22-27-11-3-4-12-28(27)24-38(36)41-37;26-25(27)24-21-11-5-3-9-19(21)23(20-10-4-6-12-22(20)24)18-14-13-16-7-1-2-8-17(16)15-18;17-12-5-6-15-14(9-12)13-7-10-3-1-2-4-11(10)8-16(13)18-15/h1-24H;1-15,26-27H;1-9H. The zero-order valence-electron chi connectivity index (χ0n) is 46.4. The molecule has 0 amide bonds. The quantitative estimate of drug-likeness (QED) is 0.136. The molecule has 0 saturated heterocycles. The maximum Gasteiger partial charge on any atom is 0.489 e. The first-order chi connectivity index (χ1) is 42.4. The van der Waals surface area contributed by atoms with E-state index < -0.39 is 7.12 Å². The highest BCUT2D eigenvalue weighted by Gasteiger charge is 2.23. The lowest BCUT2D eigenvalue weighted by Gasteiger charge is -2.18. The van der Waals surface area contributed by atoms with Gasteiger partial charge >= 0.3 is 7.12 Å². The Morgan fingerprint density at radius 3 is 0.930 bits per heavy atom. The van der Waals surface area contributed by atoms with Crippen LogP contribution in [-0.2, 0) is 0 Å². The van der Waals surface area contributed by atoms with Crippen LogP contribution >= 0.6 is 15.9 Å². The minimum Gasteiger partial charge on any atom is -0.456 e. The predicted octanol–water partition coefficient (Wildman–Crippen LogP) is 21.5. The molecule has 16 aromatic carbocycles. The first-order valence-electron chi connectivity index (χ1n) is 28.9. The molecule has 2 heterocycles. The molecule has 86 heavy (non-hydrogen) atoms. The van der Waals surface area contributed by atoms with Gasteiger partial charge in [0.15, 0.2) is 0 Å². The summed E-state index contributed by atoms with van der Waals surface area (Å²) in [4.78, 5) is 0. The van der Waals surface area contributed by atoms with E-state index in [-0.39, 0.29) is 0 Å². The highest BCUT2D eigenvalue weighted by molar-refractivity contribution is 9.10. The second-order valence-electron chi connectivity index (χ2n) is 22.2. The average Bonchev–Trinajstić information content (AvgIpc) is 1.51. The minimum atomic E-state index is -1.52. The van der Waals surface area contributed by atoms with Gasteiger partial charge in [-0.1, -0.05) is 240 Å². The number of halogens is 1. The first-order valence-corrected chi connectivity index (χ1v) is 29.7. The van der Waals surface area contributed by atoms with Crippen molar-refractivity contribution in [1.29, 1.82) is 0 Å². The maximum absolute atomic E-state index is 10.1. The van der Waals surface area contributed by atoms with Crippen LogP contribution in [0.5, 0.6) is 0 Å². The molecule has 404 valence electrons. The molecule has 0 saturated carbocycles. The molecule has 6 heteroatoms. The zero-order chi connectivity index (χ0) is 57.4. The van der Waals surface area contributed by atoms with Gasteiger partial charge in [0.2, 0.25) is 0 Å². The van der Waals surface area contributed by atoms with Crippen LogP contribution in [0.3, 0.4) is 0 Å². The number of fused-ring (bicyclic) bond motifs is 14. The van der Waals surface area contributed by atoms with Gasteiger partial charge in [-0.25, -0.2) is 0 Å². The van der Waals surface area contributed by atoms with E-state index in [9.17, 15) is 10.0 Å². The summed E-state index contributed by atoms with van der Waals surface area (Å²) in [6.07, 6.45) is 0. The van der Waals surface area contributed by atoms with Crippen LogP contribution in [0.1, 0.15) is 0 Å². The summed E-state index contributed by atoms with van der Waals surface area (Å²) in [6, 6.07) is 102. The lowest BCUT2D eigenvalue weighted by molar-refractivity contribution is 0.426. The first kappa shape index (κ1) is 51.3. The highest BCUT2D eigenvalue weighted by Crippen LogP contribution is 2.46. The van der Waals surface area contributed by atoms with Gasteiger partial charge in [0.1, 0.15) is 22.3 Å². The third kappa shape index (κ3) is 8.85. The van der Waals surface area contributed by atoms with Crippen molar-refractivity contribution in [2.75, 3.05) is 0 Å². The molecule has 0 spiro atoms. The van der Waals surface area contributed by atoms with E-state index in [1.165, 1.54) is 92.3 Å². The van der Waals surface area contributed by atoms with E-state index in [0.717, 1.165) is 75.6 Å². The van der Waals surface area contributed by atoms with Crippen LogP contribution in [0.2, 0.25) is 0 Å². The van der Waals surface area contributed by atoms with Gasteiger partial charge in [-0.15, -0.1) is 0 Å². The lowest BCUT2D eigenvalue weighted by atomic mass is 9.72. The van der Waals surface area contributed by atoms with Crippen LogP contribution in [0.15, 0.2) is 304 Å². The molecule has 0 aliphatic rings. The normalized spacial score (nSPS) is 11.7. The van der Waals surface area contributed by atoms with Gasteiger partial charge in [-0.2, -0.15) is 0 Å². The average molecular weight is 1170 g/mol. The Hall–Kier alpha value is -10.3. The third-order valence-electron chi connectivity index (χ3n) is 17.2. The van der Waals surface area contributed by atoms with Crippen LogP contribution < -0.4 is 5.46 Å². The van der Waals surface area contributed by atoms with Gasteiger partial charge < -0.3 is 18.9 Å². The van der Waals surface area contributed by atoms with Crippen molar-refractivity contribution in [3.63, 3.8) is 0 Å². The summed E-state index contributed by atoms with van der Waals surface area (Å²) < 4.78 is 13.3. The second kappa shape index (κ2) is 21.1. The van der Waals surface area contributed by atoms with Crippen molar-refractivity contribution in [2.24, 2.45) is 0 Å². The second-order valence-corrected chi connectivity index (χ2v) is 23.1. The third-order valence-corrected chi connectivity index (χ3v) is 17.7. The number of hydrogen-bond acceptors (Lipinski definition) is 4.